The fourth-order valence-electron chi connectivity index (χ4n) is 6.35. The number of aromatic nitrogens is 2. The summed E-state index contributed by atoms with van der Waals surface area (Å²) in [6, 6.07) is 6.05. The van der Waals surface area contributed by atoms with Crippen LogP contribution in [-0.4, -0.2) is 83.8 Å². The van der Waals surface area contributed by atoms with Crippen molar-refractivity contribution in [1.82, 2.24) is 19.8 Å². The summed E-state index contributed by atoms with van der Waals surface area (Å²) < 4.78 is 51.7. The van der Waals surface area contributed by atoms with Gasteiger partial charge in [0.05, 0.1) is 20.9 Å². The van der Waals surface area contributed by atoms with E-state index in [1.165, 1.54) is 30.0 Å². The number of benzene rings is 2. The maximum atomic E-state index is 16.8. The summed E-state index contributed by atoms with van der Waals surface area (Å²) in [6.07, 6.45) is 0.264. The maximum Gasteiger partial charge on any atom is 0.257 e. The Hall–Kier alpha value is -3.86. The zero-order valence-electron chi connectivity index (χ0n) is 24.9. The SMILES string of the molecule is CC(F)C(=O)N1CCN(c2c(C#N)c(OCC3CCCN3C)nc3c(F)c(-c4ccc(F)c5sc(N)nc45)c(Cl)cc23)C[C@H]1C. The number of likely N-dealkylation sites (N-methyl/N-ethyl adjacent to an activating group) is 1. The minimum absolute atomic E-state index is 0.000726. The van der Waals surface area contributed by atoms with E-state index in [2.05, 4.69) is 20.9 Å². The number of ether oxygens (including phenoxy) is 1. The van der Waals surface area contributed by atoms with Gasteiger partial charge in [0.15, 0.2) is 17.1 Å². The van der Waals surface area contributed by atoms with E-state index in [0.29, 0.717) is 5.69 Å². The molecule has 0 bridgehead atoms. The molecule has 2 aromatic carbocycles. The summed E-state index contributed by atoms with van der Waals surface area (Å²) in [5.41, 5.74) is 6.63. The summed E-state index contributed by atoms with van der Waals surface area (Å²) in [5, 5.41) is 10.8. The number of fused-ring (bicyclic) bond motifs is 2. The first-order valence-electron chi connectivity index (χ1n) is 14.6. The molecule has 0 spiro atoms. The number of hydrogen-bond acceptors (Lipinski definition) is 9. The van der Waals surface area contributed by atoms with Gasteiger partial charge in [-0.15, -0.1) is 0 Å². The number of rotatable bonds is 6. The zero-order chi connectivity index (χ0) is 32.2. The van der Waals surface area contributed by atoms with Gasteiger partial charge in [0.25, 0.3) is 5.91 Å². The molecular weight excluding hydrogens is 627 g/mol. The number of pyridine rings is 1. The Balaban J connectivity index is 1.53. The fraction of sp³-hybridized carbons (Fsp3) is 0.419. The molecule has 236 valence electrons. The standard InChI is InChI=1S/C31H31ClF3N7O2S/c1-15-13-41(9-10-42(15)30(43)16(2)33)27-19-11-21(32)23(18-6-7-22(34)28-26(18)39-31(37)45-28)24(35)25(19)38-29(20(27)12-36)44-14-17-5-4-8-40(17)3/h6-7,11,15-17H,4-5,8-10,13-14H2,1-3H3,(H2,37,39)/t15-,16?,17?/m1/s1. The van der Waals surface area contributed by atoms with Crippen molar-refractivity contribution in [3.63, 3.8) is 0 Å². The third-order valence-electron chi connectivity index (χ3n) is 8.66. The van der Waals surface area contributed by atoms with Crippen LogP contribution in [0.3, 0.4) is 0 Å². The molecule has 2 unspecified atom stereocenters. The third-order valence-corrected chi connectivity index (χ3v) is 9.85. The Labute approximate surface area is 266 Å². The van der Waals surface area contributed by atoms with Crippen molar-refractivity contribution >= 4 is 60.8 Å². The van der Waals surface area contributed by atoms with Crippen molar-refractivity contribution in [2.24, 2.45) is 0 Å². The minimum Gasteiger partial charge on any atom is -0.475 e. The van der Waals surface area contributed by atoms with Crippen molar-refractivity contribution in [3.05, 3.63) is 40.4 Å². The lowest BCUT2D eigenvalue weighted by Gasteiger charge is -2.42. The van der Waals surface area contributed by atoms with Crippen LogP contribution in [-0.2, 0) is 4.79 Å². The van der Waals surface area contributed by atoms with Crippen LogP contribution in [0.25, 0.3) is 32.2 Å². The van der Waals surface area contributed by atoms with E-state index in [1.807, 2.05) is 11.9 Å². The van der Waals surface area contributed by atoms with Crippen LogP contribution in [0.5, 0.6) is 5.88 Å². The number of nitrogen functional groups attached to an aromatic ring is 1. The summed E-state index contributed by atoms with van der Waals surface area (Å²) in [4.78, 5) is 26.8. The van der Waals surface area contributed by atoms with Crippen molar-refractivity contribution in [3.8, 4) is 23.1 Å². The molecular formula is C31H31ClF3N7O2S. The number of likely N-dealkylation sites (tertiary alicyclic amines) is 1. The number of halogens is 4. The molecule has 2 aliphatic rings. The number of piperazine rings is 1. The number of thiazole rings is 1. The van der Waals surface area contributed by atoms with E-state index < -0.39 is 29.8 Å². The quantitative estimate of drug-likeness (QED) is 0.279. The molecule has 2 saturated heterocycles. The second-order valence-corrected chi connectivity index (χ2v) is 13.0. The molecule has 9 nitrogen and oxygen atoms in total. The monoisotopic (exact) mass is 657 g/mol. The highest BCUT2D eigenvalue weighted by molar-refractivity contribution is 7.22. The van der Waals surface area contributed by atoms with Gasteiger partial charge in [0, 0.05) is 48.2 Å². The molecule has 0 saturated carbocycles. The molecule has 0 radical (unpaired) electrons. The van der Waals surface area contributed by atoms with Crippen LogP contribution in [0.1, 0.15) is 32.3 Å². The molecule has 2 aliphatic heterocycles. The number of nitriles is 1. The van der Waals surface area contributed by atoms with Crippen molar-refractivity contribution < 1.29 is 22.7 Å². The van der Waals surface area contributed by atoms with Crippen molar-refractivity contribution in [2.75, 3.05) is 50.5 Å². The predicted octanol–water partition coefficient (Wildman–Crippen LogP) is 5.77. The van der Waals surface area contributed by atoms with E-state index in [0.717, 1.165) is 30.7 Å². The van der Waals surface area contributed by atoms with Gasteiger partial charge >= 0.3 is 0 Å². The second kappa shape index (κ2) is 12.2. The largest absolute Gasteiger partial charge is 0.475 e. The van der Waals surface area contributed by atoms with Crippen LogP contribution < -0.4 is 15.4 Å². The Morgan fingerprint density at radius 1 is 1.27 bits per heavy atom. The first-order chi connectivity index (χ1) is 21.5. The summed E-state index contributed by atoms with van der Waals surface area (Å²) in [6.45, 7) is 4.84. The average molecular weight is 658 g/mol. The molecule has 2 N–H and O–H groups in total. The Morgan fingerprint density at radius 3 is 2.71 bits per heavy atom. The fourth-order valence-corrected chi connectivity index (χ4v) is 7.41. The van der Waals surface area contributed by atoms with Crippen LogP contribution in [0.2, 0.25) is 5.02 Å². The molecule has 14 heteroatoms. The number of carbonyl (C=O) groups excluding carboxylic acids is 1. The Morgan fingerprint density at radius 2 is 2.04 bits per heavy atom. The van der Waals surface area contributed by atoms with Crippen LogP contribution in [0, 0.1) is 23.0 Å². The van der Waals surface area contributed by atoms with Gasteiger partial charge in [-0.3, -0.25) is 4.79 Å². The lowest BCUT2D eigenvalue weighted by molar-refractivity contribution is -0.138. The number of nitrogens with two attached hydrogens (primary N) is 1. The Bertz CT molecular complexity index is 1860. The van der Waals surface area contributed by atoms with Crippen LogP contribution >= 0.6 is 22.9 Å². The topological polar surface area (TPSA) is 112 Å². The molecule has 3 atom stereocenters. The lowest BCUT2D eigenvalue weighted by Crippen LogP contribution is -2.55. The van der Waals surface area contributed by atoms with E-state index in [9.17, 15) is 18.8 Å². The molecule has 4 heterocycles. The molecule has 0 aliphatic carbocycles. The molecule has 2 fully saturated rings. The van der Waals surface area contributed by atoms with Gasteiger partial charge in [0.1, 0.15) is 29.6 Å². The summed E-state index contributed by atoms with van der Waals surface area (Å²) in [5.74, 6) is -1.98. The minimum atomic E-state index is -1.65. The van der Waals surface area contributed by atoms with Crippen molar-refractivity contribution in [1.29, 1.82) is 5.26 Å². The third kappa shape index (κ3) is 5.49. The second-order valence-electron chi connectivity index (χ2n) is 11.6. The number of carbonyl (C=O) groups is 1. The molecule has 6 rings (SSSR count). The maximum absolute atomic E-state index is 16.8. The lowest BCUT2D eigenvalue weighted by atomic mass is 9.98. The first-order valence-corrected chi connectivity index (χ1v) is 15.8. The van der Waals surface area contributed by atoms with Gasteiger partial charge in [-0.2, -0.15) is 5.26 Å². The van der Waals surface area contributed by atoms with E-state index in [1.54, 1.807) is 6.92 Å². The predicted molar refractivity (Wildman–Crippen MR) is 170 cm³/mol. The van der Waals surface area contributed by atoms with E-state index in [-0.39, 0.29) is 86.1 Å². The van der Waals surface area contributed by atoms with Crippen LogP contribution in [0.4, 0.5) is 24.0 Å². The number of hydrogen-bond donors (Lipinski definition) is 1. The molecule has 1 amide bonds. The van der Waals surface area contributed by atoms with Gasteiger partial charge in [-0.05, 0) is 58.5 Å². The summed E-state index contributed by atoms with van der Waals surface area (Å²) in [7, 11) is 1.99. The number of nitrogens with zero attached hydrogens (tertiary/aromatic N) is 6. The van der Waals surface area contributed by atoms with Gasteiger partial charge in [-0.25, -0.2) is 23.1 Å². The highest BCUT2D eigenvalue weighted by Gasteiger charge is 2.34. The van der Waals surface area contributed by atoms with E-state index >= 15 is 4.39 Å². The molecule has 45 heavy (non-hydrogen) atoms. The number of amides is 1. The summed E-state index contributed by atoms with van der Waals surface area (Å²) >= 11 is 7.72. The highest BCUT2D eigenvalue weighted by Crippen LogP contribution is 2.45. The number of alkyl halides is 1. The van der Waals surface area contributed by atoms with Crippen molar-refractivity contribution in [2.45, 2.75) is 44.9 Å². The smallest absolute Gasteiger partial charge is 0.257 e. The number of anilines is 2. The van der Waals surface area contributed by atoms with Gasteiger partial charge in [-0.1, -0.05) is 22.9 Å². The molecule has 4 aromatic rings. The zero-order valence-corrected chi connectivity index (χ0v) is 26.5. The van der Waals surface area contributed by atoms with Gasteiger partial charge in [0.2, 0.25) is 5.88 Å². The first kappa shape index (κ1) is 31.1. The molecule has 2 aromatic heterocycles. The van der Waals surface area contributed by atoms with Gasteiger partial charge < -0.3 is 25.2 Å². The van der Waals surface area contributed by atoms with E-state index in [4.69, 9.17) is 22.1 Å². The van der Waals surface area contributed by atoms with Crippen LogP contribution in [0.15, 0.2) is 18.2 Å². The normalized spacial score (nSPS) is 19.8. The highest BCUT2D eigenvalue weighted by atomic mass is 35.5. The Kier molecular flexibility index (Phi) is 8.41. The average Bonchev–Trinajstić information content (AvgIpc) is 3.61.